The van der Waals surface area contributed by atoms with E-state index in [1.807, 2.05) is 30.3 Å². The van der Waals surface area contributed by atoms with Crippen LogP contribution in [0.4, 0.5) is 11.4 Å². The summed E-state index contributed by atoms with van der Waals surface area (Å²) in [7, 11) is -3.70. The van der Waals surface area contributed by atoms with Crippen molar-refractivity contribution in [3.63, 3.8) is 0 Å². The molecule has 2 heterocycles. The molecule has 0 N–H and O–H groups in total. The second-order valence-electron chi connectivity index (χ2n) is 7.00. The molecule has 2 aliphatic rings. The van der Waals surface area contributed by atoms with Crippen LogP contribution in [0.25, 0.3) is 0 Å². The van der Waals surface area contributed by atoms with E-state index in [2.05, 4.69) is 4.90 Å². The van der Waals surface area contributed by atoms with Gasteiger partial charge in [-0.2, -0.15) is 0 Å². The van der Waals surface area contributed by atoms with Crippen molar-refractivity contribution in [2.24, 2.45) is 0 Å². The lowest BCUT2D eigenvalue weighted by Crippen LogP contribution is -2.48. The molecule has 29 heavy (non-hydrogen) atoms. The Morgan fingerprint density at radius 3 is 2.24 bits per heavy atom. The number of amides is 2. The number of carbonyl (C=O) groups is 2. The normalized spacial score (nSPS) is 18.9. The van der Waals surface area contributed by atoms with E-state index in [0.717, 1.165) is 9.99 Å². The van der Waals surface area contributed by atoms with Crippen LogP contribution in [0.3, 0.4) is 0 Å². The van der Waals surface area contributed by atoms with E-state index in [0.29, 0.717) is 26.2 Å². The molecule has 0 radical (unpaired) electrons. The van der Waals surface area contributed by atoms with E-state index in [-0.39, 0.29) is 34.4 Å². The first-order valence-electron chi connectivity index (χ1n) is 9.31. The van der Waals surface area contributed by atoms with Crippen LogP contribution in [0.15, 0.2) is 48.5 Å². The second kappa shape index (κ2) is 7.68. The topological polar surface area (TPSA) is 78.0 Å². The maximum atomic E-state index is 13.0. The minimum atomic E-state index is -3.70. The van der Waals surface area contributed by atoms with Gasteiger partial charge in [-0.05, 0) is 30.3 Å². The zero-order valence-electron chi connectivity index (χ0n) is 15.6. The Hall–Kier alpha value is -2.58. The fraction of sp³-hybridized carbons (Fsp3) is 0.300. The van der Waals surface area contributed by atoms with Gasteiger partial charge in [0.05, 0.1) is 22.0 Å². The molecule has 0 aliphatic carbocycles. The number of hydrogen-bond acceptors (Lipinski definition) is 5. The van der Waals surface area contributed by atoms with Gasteiger partial charge >= 0.3 is 0 Å². The van der Waals surface area contributed by atoms with Crippen molar-refractivity contribution in [2.75, 3.05) is 41.1 Å². The van der Waals surface area contributed by atoms with Crippen molar-refractivity contribution < 1.29 is 18.0 Å². The molecule has 2 aliphatic heterocycles. The van der Waals surface area contributed by atoms with Crippen molar-refractivity contribution in [3.8, 4) is 0 Å². The molecule has 0 unspecified atom stereocenters. The predicted octanol–water partition coefficient (Wildman–Crippen LogP) is 2.37. The predicted molar refractivity (Wildman–Crippen MR) is 112 cm³/mol. The number of benzene rings is 2. The number of anilines is 2. The summed E-state index contributed by atoms with van der Waals surface area (Å²) >= 11 is 6.24. The number of halogens is 1. The van der Waals surface area contributed by atoms with Gasteiger partial charge in [-0.3, -0.25) is 9.59 Å². The number of nitrogens with zero attached hydrogens (tertiary/aromatic N) is 3. The minimum absolute atomic E-state index is 0.0598. The van der Waals surface area contributed by atoms with Crippen LogP contribution in [-0.4, -0.2) is 57.1 Å². The molecule has 2 fully saturated rings. The first-order valence-corrected chi connectivity index (χ1v) is 11.3. The van der Waals surface area contributed by atoms with Gasteiger partial charge in [0, 0.05) is 38.3 Å². The third-order valence-electron chi connectivity index (χ3n) is 5.18. The second-order valence-corrected chi connectivity index (χ2v) is 9.35. The van der Waals surface area contributed by atoms with Crippen LogP contribution in [0.5, 0.6) is 0 Å². The lowest BCUT2D eigenvalue weighted by molar-refractivity contribution is -0.116. The van der Waals surface area contributed by atoms with Gasteiger partial charge in [-0.25, -0.2) is 12.7 Å². The zero-order valence-corrected chi connectivity index (χ0v) is 17.2. The van der Waals surface area contributed by atoms with Gasteiger partial charge in [-0.1, -0.05) is 29.8 Å². The molecular weight excluding hydrogens is 414 g/mol. The largest absolute Gasteiger partial charge is 0.368 e. The molecule has 0 saturated carbocycles. The van der Waals surface area contributed by atoms with Crippen LogP contribution in [0, 0.1) is 0 Å². The summed E-state index contributed by atoms with van der Waals surface area (Å²) in [5.74, 6) is -0.991. The fourth-order valence-corrected chi connectivity index (χ4v) is 5.30. The number of piperazine rings is 1. The minimum Gasteiger partial charge on any atom is -0.368 e. The molecule has 9 heteroatoms. The molecule has 4 rings (SSSR count). The van der Waals surface area contributed by atoms with Crippen LogP contribution in [0.2, 0.25) is 5.02 Å². The maximum absolute atomic E-state index is 13.0. The van der Waals surface area contributed by atoms with E-state index in [9.17, 15) is 18.0 Å². The molecule has 2 aromatic carbocycles. The van der Waals surface area contributed by atoms with Crippen molar-refractivity contribution >= 4 is 44.8 Å². The maximum Gasteiger partial charge on any atom is 0.255 e. The van der Waals surface area contributed by atoms with E-state index in [1.54, 1.807) is 4.90 Å². The molecule has 2 amide bonds. The van der Waals surface area contributed by atoms with Crippen molar-refractivity contribution in [1.82, 2.24) is 4.90 Å². The molecular formula is C20H20ClN3O4S. The average molecular weight is 434 g/mol. The molecule has 152 valence electrons. The number of hydrogen-bond donors (Lipinski definition) is 0. The van der Waals surface area contributed by atoms with Gasteiger partial charge in [0.15, 0.2) is 0 Å². The van der Waals surface area contributed by atoms with Crippen LogP contribution in [-0.2, 0) is 14.8 Å². The third kappa shape index (κ3) is 3.82. The van der Waals surface area contributed by atoms with Gasteiger partial charge in [0.1, 0.15) is 0 Å². The van der Waals surface area contributed by atoms with Crippen molar-refractivity contribution in [2.45, 2.75) is 6.42 Å². The van der Waals surface area contributed by atoms with E-state index < -0.39 is 15.9 Å². The first kappa shape index (κ1) is 19.7. The Kier molecular flexibility index (Phi) is 5.23. The Bertz CT molecular complexity index is 1050. The number of rotatable bonds is 3. The summed E-state index contributed by atoms with van der Waals surface area (Å²) in [6.45, 7) is 2.42. The summed E-state index contributed by atoms with van der Waals surface area (Å²) in [4.78, 5) is 29.0. The Labute approximate surface area is 174 Å². The molecule has 2 aromatic rings. The number of sulfonamides is 1. The Morgan fingerprint density at radius 2 is 1.62 bits per heavy atom. The quantitative estimate of drug-likeness (QED) is 0.742. The standard InChI is InChI=1S/C20H20ClN3O4S/c21-18-7-6-16(24-19(25)8-13-29(24,27)28)14-17(18)20(26)23-11-9-22(10-12-23)15-4-2-1-3-5-15/h1-7,14H,8-13H2. The molecule has 0 aromatic heterocycles. The molecule has 0 atom stereocenters. The fourth-order valence-electron chi connectivity index (χ4n) is 3.65. The van der Waals surface area contributed by atoms with Crippen LogP contribution in [0.1, 0.15) is 16.8 Å². The monoisotopic (exact) mass is 433 g/mol. The Morgan fingerprint density at radius 1 is 0.931 bits per heavy atom. The van der Waals surface area contributed by atoms with Gasteiger partial charge in [0.25, 0.3) is 5.91 Å². The van der Waals surface area contributed by atoms with Crippen molar-refractivity contribution in [3.05, 3.63) is 59.1 Å². The first-order chi connectivity index (χ1) is 13.9. The highest BCUT2D eigenvalue weighted by Crippen LogP contribution is 2.30. The van der Waals surface area contributed by atoms with Gasteiger partial charge in [0.2, 0.25) is 15.9 Å². The third-order valence-corrected chi connectivity index (χ3v) is 7.20. The molecule has 0 spiro atoms. The van der Waals surface area contributed by atoms with E-state index in [1.165, 1.54) is 18.2 Å². The number of carbonyl (C=O) groups excluding carboxylic acids is 2. The van der Waals surface area contributed by atoms with Gasteiger partial charge < -0.3 is 9.80 Å². The molecule has 0 bridgehead atoms. The summed E-state index contributed by atoms with van der Waals surface area (Å²) in [5.41, 5.74) is 1.47. The lowest BCUT2D eigenvalue weighted by Gasteiger charge is -2.36. The Balaban J connectivity index is 1.53. The average Bonchev–Trinajstić information content (AvgIpc) is 3.01. The number of para-hydroxylation sites is 1. The smallest absolute Gasteiger partial charge is 0.255 e. The SMILES string of the molecule is O=C(c1cc(N2C(=O)CCS2(=O)=O)ccc1Cl)N1CCN(c2ccccc2)CC1. The highest BCUT2D eigenvalue weighted by atomic mass is 35.5. The molecule has 2 saturated heterocycles. The van der Waals surface area contributed by atoms with Gasteiger partial charge in [-0.15, -0.1) is 0 Å². The summed E-state index contributed by atoms with van der Waals surface area (Å²) in [6, 6.07) is 14.3. The van der Waals surface area contributed by atoms with Crippen LogP contribution >= 0.6 is 11.6 Å². The highest BCUT2D eigenvalue weighted by Gasteiger charge is 2.37. The lowest BCUT2D eigenvalue weighted by atomic mass is 10.1. The highest BCUT2D eigenvalue weighted by molar-refractivity contribution is 7.94. The van der Waals surface area contributed by atoms with E-state index in [4.69, 9.17) is 11.6 Å². The summed E-state index contributed by atoms with van der Waals surface area (Å²) in [5, 5.41) is 0.230. The van der Waals surface area contributed by atoms with E-state index >= 15 is 0 Å². The van der Waals surface area contributed by atoms with Crippen molar-refractivity contribution in [1.29, 1.82) is 0 Å². The summed E-state index contributed by atoms with van der Waals surface area (Å²) in [6.07, 6.45) is -0.0598. The molecule has 7 nitrogen and oxygen atoms in total. The zero-order chi connectivity index (χ0) is 20.6. The van der Waals surface area contributed by atoms with Crippen LogP contribution < -0.4 is 9.21 Å². The summed E-state index contributed by atoms with van der Waals surface area (Å²) < 4.78 is 25.1.